The summed E-state index contributed by atoms with van der Waals surface area (Å²) in [5, 5.41) is 0. The van der Waals surface area contributed by atoms with Crippen LogP contribution in [-0.4, -0.2) is 0 Å². The molecule has 0 heteroatoms. The molecular formula is C12H20. The van der Waals surface area contributed by atoms with Gasteiger partial charge in [0.2, 0.25) is 0 Å². The van der Waals surface area contributed by atoms with Crippen LogP contribution in [0.2, 0.25) is 0 Å². The smallest absolute Gasteiger partial charge is 0.0231 e. The lowest BCUT2D eigenvalue weighted by Gasteiger charge is -2.19. The van der Waals surface area contributed by atoms with Crippen molar-refractivity contribution < 1.29 is 0 Å². The van der Waals surface area contributed by atoms with Gasteiger partial charge in [0.05, 0.1) is 0 Å². The van der Waals surface area contributed by atoms with E-state index in [2.05, 4.69) is 12.2 Å². The number of allylic oxidation sites excluding steroid dienone is 2. The van der Waals surface area contributed by atoms with Crippen LogP contribution in [-0.2, 0) is 0 Å². The highest BCUT2D eigenvalue weighted by Gasteiger charge is 2.19. The summed E-state index contributed by atoms with van der Waals surface area (Å²) < 4.78 is 0. The fourth-order valence-electron chi connectivity index (χ4n) is 2.75. The lowest BCUT2D eigenvalue weighted by molar-refractivity contribution is 0.394. The molecule has 0 amide bonds. The molecule has 0 nitrogen and oxygen atoms in total. The van der Waals surface area contributed by atoms with Gasteiger partial charge in [-0.15, -0.1) is 0 Å². The molecule has 2 rings (SSSR count). The molecule has 0 bridgehead atoms. The maximum absolute atomic E-state index is 2.47. The van der Waals surface area contributed by atoms with E-state index in [4.69, 9.17) is 0 Å². The van der Waals surface area contributed by atoms with Gasteiger partial charge in [-0.05, 0) is 37.5 Å². The Bertz CT molecular complexity index is 151. The first-order chi connectivity index (χ1) is 5.95. The molecule has 0 N–H and O–H groups in total. The molecule has 1 atom stereocenters. The van der Waals surface area contributed by atoms with Crippen LogP contribution in [0.25, 0.3) is 0 Å². The molecular weight excluding hydrogens is 144 g/mol. The molecule has 0 heterocycles. The minimum absolute atomic E-state index is 0.946. The number of hydrogen-bond acceptors (Lipinski definition) is 0. The summed E-state index contributed by atoms with van der Waals surface area (Å²) in [4.78, 5) is 0. The second-order valence-corrected chi connectivity index (χ2v) is 4.51. The average molecular weight is 164 g/mol. The van der Waals surface area contributed by atoms with Gasteiger partial charge in [0.1, 0.15) is 0 Å². The summed E-state index contributed by atoms with van der Waals surface area (Å²) in [6.45, 7) is 0. The van der Waals surface area contributed by atoms with E-state index in [1.54, 1.807) is 0 Å². The maximum Gasteiger partial charge on any atom is -0.0231 e. The van der Waals surface area contributed by atoms with E-state index < -0.39 is 0 Å². The fourth-order valence-corrected chi connectivity index (χ4v) is 2.75. The molecule has 0 saturated heterocycles. The lowest BCUT2D eigenvalue weighted by Crippen LogP contribution is -2.06. The third kappa shape index (κ3) is 2.12. The van der Waals surface area contributed by atoms with Gasteiger partial charge in [-0.25, -0.2) is 0 Å². The van der Waals surface area contributed by atoms with E-state index in [9.17, 15) is 0 Å². The van der Waals surface area contributed by atoms with E-state index >= 15 is 0 Å². The Morgan fingerprint density at radius 2 is 1.83 bits per heavy atom. The highest BCUT2D eigenvalue weighted by molar-refractivity contribution is 4.93. The van der Waals surface area contributed by atoms with E-state index in [1.165, 1.54) is 51.4 Å². The summed E-state index contributed by atoms with van der Waals surface area (Å²) in [6.07, 6.45) is 16.6. The van der Waals surface area contributed by atoms with E-state index in [1.807, 2.05) is 0 Å². The van der Waals surface area contributed by atoms with E-state index in [0.29, 0.717) is 0 Å². The summed E-state index contributed by atoms with van der Waals surface area (Å²) >= 11 is 0. The summed E-state index contributed by atoms with van der Waals surface area (Å²) in [5.41, 5.74) is 0. The number of hydrogen-bond donors (Lipinski definition) is 0. The van der Waals surface area contributed by atoms with Crippen LogP contribution in [0.1, 0.15) is 51.4 Å². The monoisotopic (exact) mass is 164 g/mol. The molecule has 0 radical (unpaired) electrons. The molecule has 0 aromatic carbocycles. The largest absolute Gasteiger partial charge is 0.0883 e. The first-order valence-corrected chi connectivity index (χ1v) is 5.62. The Labute approximate surface area is 76.1 Å². The number of rotatable bonds is 2. The van der Waals surface area contributed by atoms with Crippen molar-refractivity contribution in [1.29, 1.82) is 0 Å². The molecule has 2 aliphatic carbocycles. The highest BCUT2D eigenvalue weighted by atomic mass is 14.2. The second kappa shape index (κ2) is 4.11. The van der Waals surface area contributed by atoms with Gasteiger partial charge >= 0.3 is 0 Å². The predicted octanol–water partition coefficient (Wildman–Crippen LogP) is 3.92. The third-order valence-electron chi connectivity index (χ3n) is 3.46. The van der Waals surface area contributed by atoms with Crippen LogP contribution >= 0.6 is 0 Å². The zero-order valence-electron chi connectivity index (χ0n) is 7.97. The van der Waals surface area contributed by atoms with Crippen LogP contribution in [0.3, 0.4) is 0 Å². The normalized spacial score (nSPS) is 31.2. The first kappa shape index (κ1) is 8.34. The Kier molecular flexibility index (Phi) is 2.86. The molecule has 1 unspecified atom stereocenters. The van der Waals surface area contributed by atoms with Gasteiger partial charge in [0, 0.05) is 0 Å². The zero-order chi connectivity index (χ0) is 8.23. The van der Waals surface area contributed by atoms with Crippen molar-refractivity contribution >= 4 is 0 Å². The topological polar surface area (TPSA) is 0 Å². The van der Waals surface area contributed by atoms with Crippen molar-refractivity contribution in [3.8, 4) is 0 Å². The molecule has 0 spiro atoms. The van der Waals surface area contributed by atoms with Gasteiger partial charge in [0.15, 0.2) is 0 Å². The van der Waals surface area contributed by atoms with Crippen molar-refractivity contribution in [2.45, 2.75) is 51.4 Å². The molecule has 0 aliphatic heterocycles. The van der Waals surface area contributed by atoms with Crippen molar-refractivity contribution in [2.75, 3.05) is 0 Å². The summed E-state index contributed by atoms with van der Waals surface area (Å²) in [7, 11) is 0. The van der Waals surface area contributed by atoms with Crippen LogP contribution in [0.15, 0.2) is 12.2 Å². The SMILES string of the molecule is C1=CC(CC2CCCC2)CCC1. The Balaban J connectivity index is 1.77. The van der Waals surface area contributed by atoms with Gasteiger partial charge in [-0.2, -0.15) is 0 Å². The van der Waals surface area contributed by atoms with Crippen LogP contribution in [0.5, 0.6) is 0 Å². The molecule has 1 fully saturated rings. The third-order valence-corrected chi connectivity index (χ3v) is 3.46. The van der Waals surface area contributed by atoms with Gasteiger partial charge in [0.25, 0.3) is 0 Å². The molecule has 0 aromatic heterocycles. The highest BCUT2D eigenvalue weighted by Crippen LogP contribution is 2.33. The first-order valence-electron chi connectivity index (χ1n) is 5.62. The lowest BCUT2D eigenvalue weighted by atomic mass is 9.87. The molecule has 1 saturated carbocycles. The Hall–Kier alpha value is -0.260. The molecule has 0 aromatic rings. The van der Waals surface area contributed by atoms with Crippen LogP contribution < -0.4 is 0 Å². The summed E-state index contributed by atoms with van der Waals surface area (Å²) in [5.74, 6) is 2.03. The fraction of sp³-hybridized carbons (Fsp3) is 0.833. The molecule has 12 heavy (non-hydrogen) atoms. The van der Waals surface area contributed by atoms with Gasteiger partial charge in [-0.3, -0.25) is 0 Å². The molecule has 68 valence electrons. The van der Waals surface area contributed by atoms with Crippen molar-refractivity contribution in [1.82, 2.24) is 0 Å². The minimum atomic E-state index is 0.946. The Morgan fingerprint density at radius 1 is 1.00 bits per heavy atom. The van der Waals surface area contributed by atoms with E-state index in [0.717, 1.165) is 11.8 Å². The van der Waals surface area contributed by atoms with Gasteiger partial charge < -0.3 is 0 Å². The standard InChI is InChI=1S/C12H20/c1-2-6-11(7-3-1)10-12-8-4-5-9-12/h2,6,11-12H,1,3-5,7-10H2. The zero-order valence-corrected chi connectivity index (χ0v) is 7.97. The average Bonchev–Trinajstić information content (AvgIpc) is 2.59. The van der Waals surface area contributed by atoms with Crippen molar-refractivity contribution in [3.63, 3.8) is 0 Å². The summed E-state index contributed by atoms with van der Waals surface area (Å²) in [6, 6.07) is 0. The minimum Gasteiger partial charge on any atom is -0.0883 e. The second-order valence-electron chi connectivity index (χ2n) is 4.51. The van der Waals surface area contributed by atoms with Crippen molar-refractivity contribution in [2.24, 2.45) is 11.8 Å². The van der Waals surface area contributed by atoms with Crippen molar-refractivity contribution in [3.05, 3.63) is 12.2 Å². The maximum atomic E-state index is 2.47. The van der Waals surface area contributed by atoms with Gasteiger partial charge in [-0.1, -0.05) is 37.8 Å². The Morgan fingerprint density at radius 3 is 2.50 bits per heavy atom. The molecule has 2 aliphatic rings. The quantitative estimate of drug-likeness (QED) is 0.543. The predicted molar refractivity (Wildman–Crippen MR) is 53.1 cm³/mol. The van der Waals surface area contributed by atoms with Crippen LogP contribution in [0, 0.1) is 11.8 Å². The van der Waals surface area contributed by atoms with Crippen LogP contribution in [0.4, 0.5) is 0 Å². The van der Waals surface area contributed by atoms with E-state index in [-0.39, 0.29) is 0 Å².